The van der Waals surface area contributed by atoms with E-state index >= 15 is 0 Å². The summed E-state index contributed by atoms with van der Waals surface area (Å²) in [5, 5.41) is 0. The second-order valence-corrected chi connectivity index (χ2v) is 11.9. The van der Waals surface area contributed by atoms with Crippen molar-refractivity contribution >= 4 is 36.2 Å². The van der Waals surface area contributed by atoms with E-state index in [9.17, 15) is 23.1 Å². The second kappa shape index (κ2) is 7.23. The Morgan fingerprint density at radius 1 is 0.739 bits per heavy atom. The molecular formula is C5H15NO13P4. The fourth-order valence-corrected chi connectivity index (χ4v) is 7.67. The summed E-state index contributed by atoms with van der Waals surface area (Å²) in [5.74, 6) is -1.12. The molecule has 8 N–H and O–H groups in total. The SMILES string of the molecule is CC(=O)CN(C(P(=O)(O)O)P(=O)(O)O)C(P(=O)(O)O)P(=O)(O)O. The first kappa shape index (κ1) is 23.2. The van der Waals surface area contributed by atoms with Crippen LogP contribution in [-0.4, -0.2) is 67.4 Å². The average molecular weight is 421 g/mol. The zero-order valence-corrected chi connectivity index (χ0v) is 14.8. The summed E-state index contributed by atoms with van der Waals surface area (Å²) >= 11 is 0. The minimum absolute atomic E-state index is 0.536. The Labute approximate surface area is 128 Å². The van der Waals surface area contributed by atoms with Gasteiger partial charge in [-0.2, -0.15) is 0 Å². The van der Waals surface area contributed by atoms with Gasteiger partial charge in [-0.05, 0) is 6.92 Å². The van der Waals surface area contributed by atoms with Gasteiger partial charge in [-0.1, -0.05) is 0 Å². The molecule has 23 heavy (non-hydrogen) atoms. The molecule has 0 aliphatic heterocycles. The van der Waals surface area contributed by atoms with Crippen LogP contribution in [0.5, 0.6) is 0 Å². The lowest BCUT2D eigenvalue weighted by Crippen LogP contribution is -2.45. The number of carbonyl (C=O) groups excluding carboxylic acids is 1. The van der Waals surface area contributed by atoms with Gasteiger partial charge >= 0.3 is 30.4 Å². The highest BCUT2D eigenvalue weighted by molar-refractivity contribution is 7.72. The molecule has 0 fully saturated rings. The molecule has 0 saturated carbocycles. The van der Waals surface area contributed by atoms with E-state index in [0.717, 1.165) is 0 Å². The Hall–Kier alpha value is 0.230. The van der Waals surface area contributed by atoms with Gasteiger partial charge < -0.3 is 39.1 Å². The zero-order chi connectivity index (χ0) is 19.0. The molecule has 0 saturated heterocycles. The fraction of sp³-hybridized carbons (Fsp3) is 0.800. The van der Waals surface area contributed by atoms with Crippen molar-refractivity contribution in [1.29, 1.82) is 0 Å². The standard InChI is InChI=1S/C5H15NO13P4/c1-3(7)2-6(4(20(8,9)10)21(11,12)13)5(22(14,15)16)23(17,18)19/h4-5H,2H2,1H3,(H2,8,9,10)(H2,11,12,13)(H2,14,15,16)(H2,17,18,19). The van der Waals surface area contributed by atoms with Crippen molar-refractivity contribution in [2.75, 3.05) is 6.54 Å². The molecule has 0 atom stereocenters. The van der Waals surface area contributed by atoms with E-state index in [1.807, 2.05) is 0 Å². The Morgan fingerprint density at radius 3 is 1.09 bits per heavy atom. The van der Waals surface area contributed by atoms with Crippen LogP contribution in [0.25, 0.3) is 0 Å². The van der Waals surface area contributed by atoms with E-state index in [-0.39, 0.29) is 0 Å². The molecule has 138 valence electrons. The molecule has 0 spiro atoms. The average Bonchev–Trinajstić information content (AvgIpc) is 2.04. The van der Waals surface area contributed by atoms with Gasteiger partial charge in [0.15, 0.2) is 0 Å². The maximum absolute atomic E-state index is 11.3. The summed E-state index contributed by atoms with van der Waals surface area (Å²) in [5.41, 5.74) is -6.66. The quantitative estimate of drug-likeness (QED) is 0.201. The molecule has 18 heteroatoms. The summed E-state index contributed by atoms with van der Waals surface area (Å²) in [6.45, 7) is -0.735. The van der Waals surface area contributed by atoms with Crippen molar-refractivity contribution in [1.82, 2.24) is 4.90 Å². The van der Waals surface area contributed by atoms with Gasteiger partial charge in [0.05, 0.1) is 6.54 Å². The predicted octanol–water partition coefficient (Wildman–Crippen LogP) is -1.84. The van der Waals surface area contributed by atoms with E-state index in [0.29, 0.717) is 6.92 Å². The van der Waals surface area contributed by atoms with E-state index in [1.54, 1.807) is 0 Å². The van der Waals surface area contributed by atoms with Crippen molar-refractivity contribution in [2.45, 2.75) is 18.0 Å². The minimum atomic E-state index is -5.88. The molecule has 0 radical (unpaired) electrons. The number of ketones is 1. The molecule has 0 aromatic rings. The molecular weight excluding hydrogens is 406 g/mol. The molecule has 0 aliphatic carbocycles. The molecule has 0 aromatic carbocycles. The van der Waals surface area contributed by atoms with Crippen molar-refractivity contribution < 1.29 is 62.2 Å². The van der Waals surface area contributed by atoms with Crippen LogP contribution in [0, 0.1) is 0 Å². The highest BCUT2D eigenvalue weighted by Gasteiger charge is 2.58. The Bertz CT molecular complexity index is 543. The number of hydrogen-bond donors (Lipinski definition) is 8. The highest BCUT2D eigenvalue weighted by Crippen LogP contribution is 2.68. The Balaban J connectivity index is 6.58. The van der Waals surface area contributed by atoms with Gasteiger partial charge in [-0.25, -0.2) is 4.90 Å². The third kappa shape index (κ3) is 6.93. The largest absolute Gasteiger partial charge is 0.355 e. The Morgan fingerprint density at radius 2 is 0.957 bits per heavy atom. The Kier molecular flexibility index (Phi) is 7.30. The summed E-state index contributed by atoms with van der Waals surface area (Å²) in [7, 11) is -23.5. The molecule has 0 aliphatic rings. The van der Waals surface area contributed by atoms with Crippen LogP contribution in [0.4, 0.5) is 0 Å². The van der Waals surface area contributed by atoms with Crippen LogP contribution < -0.4 is 0 Å². The molecule has 14 nitrogen and oxygen atoms in total. The van der Waals surface area contributed by atoms with Gasteiger partial charge in [-0.3, -0.25) is 23.1 Å². The van der Waals surface area contributed by atoms with Crippen molar-refractivity contribution in [2.24, 2.45) is 0 Å². The monoisotopic (exact) mass is 421 g/mol. The maximum atomic E-state index is 11.3. The summed E-state index contributed by atoms with van der Waals surface area (Å²) in [6.07, 6.45) is 0. The number of nitrogens with zero attached hydrogens (tertiary/aromatic N) is 1. The number of Topliss-reactive ketones (excluding diaryl/α,β-unsaturated/α-hetero) is 1. The molecule has 0 heterocycles. The van der Waals surface area contributed by atoms with Gasteiger partial charge in [0.2, 0.25) is 11.0 Å². The van der Waals surface area contributed by atoms with Crippen LogP contribution in [-0.2, 0) is 23.1 Å². The van der Waals surface area contributed by atoms with Crippen LogP contribution in [0.2, 0.25) is 0 Å². The molecule has 0 rings (SSSR count). The van der Waals surface area contributed by atoms with Crippen LogP contribution in [0.15, 0.2) is 0 Å². The zero-order valence-electron chi connectivity index (χ0n) is 11.2. The maximum Gasteiger partial charge on any atom is 0.355 e. The molecule has 0 bridgehead atoms. The van der Waals surface area contributed by atoms with E-state index in [1.165, 1.54) is 0 Å². The van der Waals surface area contributed by atoms with Gasteiger partial charge in [-0.15, -0.1) is 0 Å². The summed E-state index contributed by atoms with van der Waals surface area (Å²) in [4.78, 5) is 82.9. The van der Waals surface area contributed by atoms with Crippen molar-refractivity contribution in [3.05, 3.63) is 0 Å². The van der Waals surface area contributed by atoms with Crippen LogP contribution in [0.1, 0.15) is 6.92 Å². The van der Waals surface area contributed by atoms with Gasteiger partial charge in [0, 0.05) is 0 Å². The van der Waals surface area contributed by atoms with E-state index in [2.05, 4.69) is 0 Å². The lowest BCUT2D eigenvalue weighted by Gasteiger charge is -2.37. The van der Waals surface area contributed by atoms with Crippen molar-refractivity contribution in [3.8, 4) is 0 Å². The van der Waals surface area contributed by atoms with Gasteiger partial charge in [0.25, 0.3) is 0 Å². The molecule has 0 unspecified atom stereocenters. The lowest BCUT2D eigenvalue weighted by molar-refractivity contribution is -0.118. The first-order valence-electron chi connectivity index (χ1n) is 5.25. The molecule has 0 aromatic heterocycles. The topological polar surface area (TPSA) is 250 Å². The smallest absolute Gasteiger partial charge is 0.323 e. The summed E-state index contributed by atoms with van der Waals surface area (Å²) < 4.78 is 45.2. The predicted molar refractivity (Wildman–Crippen MR) is 73.1 cm³/mol. The van der Waals surface area contributed by atoms with E-state index < -0.39 is 58.7 Å². The highest BCUT2D eigenvalue weighted by atomic mass is 31.2. The second-order valence-electron chi connectivity index (χ2n) is 4.42. The van der Waals surface area contributed by atoms with E-state index in [4.69, 9.17) is 39.1 Å². The first-order valence-corrected chi connectivity index (χ1v) is 12.0. The first-order chi connectivity index (χ1) is 9.79. The minimum Gasteiger partial charge on any atom is -0.323 e. The summed E-state index contributed by atoms with van der Waals surface area (Å²) in [6, 6.07) is 0. The number of rotatable bonds is 8. The number of carbonyl (C=O) groups is 1. The van der Waals surface area contributed by atoms with Crippen LogP contribution in [0.3, 0.4) is 0 Å². The molecule has 0 amide bonds. The normalized spacial score (nSPS) is 14.8. The number of hydrogen-bond acceptors (Lipinski definition) is 6. The lowest BCUT2D eigenvalue weighted by atomic mass is 10.4. The third-order valence-corrected chi connectivity index (χ3v) is 9.41. The van der Waals surface area contributed by atoms with Crippen molar-refractivity contribution in [3.63, 3.8) is 0 Å². The fourth-order valence-electron chi connectivity index (χ4n) is 1.70. The third-order valence-electron chi connectivity index (χ3n) is 2.20. The van der Waals surface area contributed by atoms with Gasteiger partial charge in [0.1, 0.15) is 5.78 Å². The van der Waals surface area contributed by atoms with Crippen LogP contribution >= 0.6 is 30.4 Å².